The molecular weight excluding hydrogens is 438 g/mol. The van der Waals surface area contributed by atoms with Crippen LogP contribution in [0.15, 0.2) is 63.1 Å². The molecule has 33 heavy (non-hydrogen) atoms. The number of benzene rings is 2. The molecule has 0 aliphatic heterocycles. The van der Waals surface area contributed by atoms with E-state index >= 15 is 0 Å². The first-order valence-corrected chi connectivity index (χ1v) is 11.3. The van der Waals surface area contributed by atoms with Crippen LogP contribution in [0.5, 0.6) is 0 Å². The van der Waals surface area contributed by atoms with E-state index < -0.39 is 11.2 Å². The van der Waals surface area contributed by atoms with Crippen LogP contribution in [0.4, 0.5) is 5.69 Å². The van der Waals surface area contributed by atoms with Gasteiger partial charge in [0, 0.05) is 25.3 Å². The van der Waals surface area contributed by atoms with Crippen LogP contribution < -0.4 is 16.6 Å². The Hall–Kier alpha value is -3.72. The van der Waals surface area contributed by atoms with Crippen LogP contribution in [0.3, 0.4) is 0 Å². The van der Waals surface area contributed by atoms with Gasteiger partial charge in [0.1, 0.15) is 10.4 Å². The molecule has 0 saturated heterocycles. The van der Waals surface area contributed by atoms with Crippen LogP contribution in [0.1, 0.15) is 11.1 Å². The zero-order chi connectivity index (χ0) is 23.7. The molecule has 1 N–H and O–H groups in total. The number of carbonyl (C=O) groups is 1. The Bertz CT molecular complexity index is 1470. The summed E-state index contributed by atoms with van der Waals surface area (Å²) in [5.74, 6) is 0.197. The minimum atomic E-state index is -0.495. The van der Waals surface area contributed by atoms with E-state index in [-0.39, 0.29) is 22.7 Å². The number of aryl methyl sites for hydroxylation is 3. The van der Waals surface area contributed by atoms with Gasteiger partial charge in [-0.25, -0.2) is 14.8 Å². The minimum absolute atomic E-state index is 0.0410. The number of hydrogen-bond acceptors (Lipinski definition) is 6. The molecule has 0 aliphatic rings. The molecule has 2 aromatic heterocycles. The third-order valence-electron chi connectivity index (χ3n) is 5.14. The fourth-order valence-electron chi connectivity index (χ4n) is 3.63. The number of anilines is 1. The van der Waals surface area contributed by atoms with Gasteiger partial charge in [0.15, 0.2) is 11.5 Å². The van der Waals surface area contributed by atoms with E-state index in [2.05, 4.69) is 15.3 Å². The van der Waals surface area contributed by atoms with Gasteiger partial charge in [-0.2, -0.15) is 0 Å². The molecule has 0 unspecified atom stereocenters. The Morgan fingerprint density at radius 2 is 1.64 bits per heavy atom. The zero-order valence-electron chi connectivity index (χ0n) is 18.7. The first kappa shape index (κ1) is 22.5. The maximum Gasteiger partial charge on any atom is 0.332 e. The smallest absolute Gasteiger partial charge is 0.325 e. The van der Waals surface area contributed by atoms with E-state index in [9.17, 15) is 14.4 Å². The van der Waals surface area contributed by atoms with Gasteiger partial charge < -0.3 is 5.32 Å². The number of nitrogens with one attached hydrogen (secondary N) is 1. The first-order chi connectivity index (χ1) is 15.7. The van der Waals surface area contributed by atoms with E-state index in [1.807, 2.05) is 62.4 Å². The summed E-state index contributed by atoms with van der Waals surface area (Å²) in [4.78, 5) is 47.2. The molecule has 0 radical (unpaired) electrons. The molecule has 0 aliphatic carbocycles. The third-order valence-corrected chi connectivity index (χ3v) is 6.12. The number of fused-ring (bicyclic) bond motifs is 1. The summed E-state index contributed by atoms with van der Waals surface area (Å²) in [6, 6.07) is 15.1. The topological polar surface area (TPSA) is 98.9 Å². The highest BCUT2D eigenvalue weighted by molar-refractivity contribution is 8.00. The standard InChI is InChI=1S/C24H23N5O3S/c1-14-10-15(2)12-17(11-14)25-18(30)13-33-22-19-21(28(3)24(32)29(4)23(19)31)26-20(27-22)16-8-6-5-7-9-16/h5-12H,13H2,1-4H3,(H,25,30). The number of nitrogens with zero attached hydrogens (tertiary/aromatic N) is 4. The molecule has 4 rings (SSSR count). The van der Waals surface area contributed by atoms with Crippen LogP contribution in [-0.4, -0.2) is 30.8 Å². The van der Waals surface area contributed by atoms with Crippen molar-refractivity contribution in [1.29, 1.82) is 0 Å². The zero-order valence-corrected chi connectivity index (χ0v) is 19.6. The second-order valence-electron chi connectivity index (χ2n) is 7.84. The summed E-state index contributed by atoms with van der Waals surface area (Å²) < 4.78 is 2.35. The Balaban J connectivity index is 1.74. The van der Waals surface area contributed by atoms with Crippen molar-refractivity contribution in [1.82, 2.24) is 19.1 Å². The SMILES string of the molecule is Cc1cc(C)cc(NC(=O)CSc2nc(-c3ccccc3)nc3c2c(=O)n(C)c(=O)n3C)c1. The molecule has 9 heteroatoms. The largest absolute Gasteiger partial charge is 0.332 e. The predicted molar refractivity (Wildman–Crippen MR) is 131 cm³/mol. The molecule has 168 valence electrons. The van der Waals surface area contributed by atoms with Crippen molar-refractivity contribution >= 4 is 34.4 Å². The normalized spacial score (nSPS) is 11.0. The van der Waals surface area contributed by atoms with Crippen molar-refractivity contribution in [3.05, 3.63) is 80.5 Å². The van der Waals surface area contributed by atoms with Crippen molar-refractivity contribution < 1.29 is 4.79 Å². The summed E-state index contributed by atoms with van der Waals surface area (Å²) in [5, 5.41) is 3.46. The van der Waals surface area contributed by atoms with Gasteiger partial charge in [-0.1, -0.05) is 48.2 Å². The Kier molecular flexibility index (Phi) is 6.15. The van der Waals surface area contributed by atoms with Gasteiger partial charge in [0.05, 0.1) is 5.75 Å². The van der Waals surface area contributed by atoms with Crippen molar-refractivity contribution in [2.75, 3.05) is 11.1 Å². The lowest BCUT2D eigenvalue weighted by molar-refractivity contribution is -0.113. The van der Waals surface area contributed by atoms with Crippen molar-refractivity contribution in [3.63, 3.8) is 0 Å². The molecule has 2 heterocycles. The second-order valence-corrected chi connectivity index (χ2v) is 8.80. The Labute approximate surface area is 194 Å². The van der Waals surface area contributed by atoms with Gasteiger partial charge in [0.2, 0.25) is 5.91 Å². The Morgan fingerprint density at radius 3 is 2.30 bits per heavy atom. The summed E-state index contributed by atoms with van der Waals surface area (Å²) in [5.41, 5.74) is 2.82. The molecule has 0 saturated carbocycles. The van der Waals surface area contributed by atoms with Crippen LogP contribution in [-0.2, 0) is 18.9 Å². The molecule has 0 fully saturated rings. The van der Waals surface area contributed by atoms with E-state index in [1.54, 1.807) is 7.05 Å². The maximum atomic E-state index is 12.9. The van der Waals surface area contributed by atoms with E-state index in [0.717, 1.165) is 33.0 Å². The quantitative estimate of drug-likeness (QED) is 0.362. The maximum absolute atomic E-state index is 12.9. The number of carbonyl (C=O) groups excluding carboxylic acids is 1. The van der Waals surface area contributed by atoms with E-state index in [4.69, 9.17) is 0 Å². The fraction of sp³-hybridized carbons (Fsp3) is 0.208. The van der Waals surface area contributed by atoms with Crippen molar-refractivity contribution in [3.8, 4) is 11.4 Å². The monoisotopic (exact) mass is 461 g/mol. The van der Waals surface area contributed by atoms with Gasteiger partial charge in [-0.15, -0.1) is 0 Å². The van der Waals surface area contributed by atoms with Gasteiger partial charge in [-0.05, 0) is 37.1 Å². The lowest BCUT2D eigenvalue weighted by Crippen LogP contribution is -2.37. The van der Waals surface area contributed by atoms with Crippen LogP contribution in [0, 0.1) is 13.8 Å². The third kappa shape index (κ3) is 4.58. The molecule has 1 amide bonds. The summed E-state index contributed by atoms with van der Waals surface area (Å²) in [6.07, 6.45) is 0. The predicted octanol–water partition coefficient (Wildman–Crippen LogP) is 3.04. The van der Waals surface area contributed by atoms with Gasteiger partial charge in [-0.3, -0.25) is 18.7 Å². The first-order valence-electron chi connectivity index (χ1n) is 10.3. The lowest BCUT2D eigenvalue weighted by Gasteiger charge is -2.12. The highest BCUT2D eigenvalue weighted by atomic mass is 32.2. The molecule has 0 spiro atoms. The molecule has 8 nitrogen and oxygen atoms in total. The summed E-state index contributed by atoms with van der Waals surface area (Å²) in [6.45, 7) is 3.94. The average Bonchev–Trinajstić information content (AvgIpc) is 2.79. The summed E-state index contributed by atoms with van der Waals surface area (Å²) >= 11 is 1.14. The average molecular weight is 462 g/mol. The fourth-order valence-corrected chi connectivity index (χ4v) is 4.44. The molecule has 4 aromatic rings. The van der Waals surface area contributed by atoms with Crippen LogP contribution >= 0.6 is 11.8 Å². The molecular formula is C24H23N5O3S. The number of thioether (sulfide) groups is 1. The van der Waals surface area contributed by atoms with E-state index in [0.29, 0.717) is 16.5 Å². The number of amides is 1. The lowest BCUT2D eigenvalue weighted by atomic mass is 10.1. The number of rotatable bonds is 5. The summed E-state index contributed by atoms with van der Waals surface area (Å²) in [7, 11) is 2.98. The minimum Gasteiger partial charge on any atom is -0.325 e. The second kappa shape index (κ2) is 9.03. The molecule has 0 atom stereocenters. The van der Waals surface area contributed by atoms with Crippen LogP contribution in [0.25, 0.3) is 22.4 Å². The highest BCUT2D eigenvalue weighted by Gasteiger charge is 2.19. The molecule has 0 bridgehead atoms. The van der Waals surface area contributed by atoms with Crippen molar-refractivity contribution in [2.24, 2.45) is 14.1 Å². The number of hydrogen-bond donors (Lipinski definition) is 1. The van der Waals surface area contributed by atoms with E-state index in [1.165, 1.54) is 11.6 Å². The van der Waals surface area contributed by atoms with Gasteiger partial charge in [0.25, 0.3) is 5.56 Å². The number of aromatic nitrogens is 4. The Morgan fingerprint density at radius 1 is 0.970 bits per heavy atom. The molecule has 2 aromatic carbocycles. The van der Waals surface area contributed by atoms with Crippen LogP contribution in [0.2, 0.25) is 0 Å². The van der Waals surface area contributed by atoms with Crippen molar-refractivity contribution in [2.45, 2.75) is 18.9 Å². The highest BCUT2D eigenvalue weighted by Crippen LogP contribution is 2.26. The van der Waals surface area contributed by atoms with Gasteiger partial charge >= 0.3 is 5.69 Å².